The number of carbonyl (C=O) groups is 2. The number of phenolic OH excluding ortho intramolecular Hbond substituents is 1. The van der Waals surface area contributed by atoms with Crippen LogP contribution in [-0.4, -0.2) is 66.3 Å². The van der Waals surface area contributed by atoms with Crippen LogP contribution < -0.4 is 0 Å². The molecule has 3 fully saturated rings. The first-order valence-corrected chi connectivity index (χ1v) is 12.8. The Morgan fingerprint density at radius 3 is 2.33 bits per heavy atom. The van der Waals surface area contributed by atoms with Crippen LogP contribution in [0.3, 0.4) is 0 Å². The molecule has 36 heavy (non-hydrogen) atoms. The van der Waals surface area contributed by atoms with E-state index in [9.17, 15) is 35.1 Å². The molecular formula is C28H36O8. The molecule has 8 unspecified atom stereocenters. The number of rotatable bonds is 3. The van der Waals surface area contributed by atoms with Crippen LogP contribution in [0.4, 0.5) is 0 Å². The van der Waals surface area contributed by atoms with Crippen molar-refractivity contribution in [3.8, 4) is 5.75 Å². The Morgan fingerprint density at radius 2 is 1.69 bits per heavy atom. The van der Waals surface area contributed by atoms with Gasteiger partial charge < -0.3 is 30.3 Å². The maximum Gasteiger partial charge on any atom is 0.338 e. The molecule has 0 radical (unpaired) electrons. The minimum atomic E-state index is -2.00. The van der Waals surface area contributed by atoms with E-state index < -0.39 is 57.5 Å². The van der Waals surface area contributed by atoms with Crippen LogP contribution in [0.1, 0.15) is 76.1 Å². The molecule has 5 N–H and O–H groups in total. The summed E-state index contributed by atoms with van der Waals surface area (Å²) in [5, 5.41) is 56.3. The summed E-state index contributed by atoms with van der Waals surface area (Å²) >= 11 is 0. The second-order valence-corrected chi connectivity index (χ2v) is 11.9. The first-order chi connectivity index (χ1) is 16.7. The summed E-state index contributed by atoms with van der Waals surface area (Å²) in [6, 6.07) is 5.57. The molecule has 3 saturated carbocycles. The Bertz CT molecular complexity index is 1130. The van der Waals surface area contributed by atoms with Gasteiger partial charge in [0.25, 0.3) is 0 Å². The monoisotopic (exact) mass is 500 g/mol. The lowest BCUT2D eigenvalue weighted by Gasteiger charge is -2.67. The molecule has 0 amide bonds. The highest BCUT2D eigenvalue weighted by Crippen LogP contribution is 2.70. The lowest BCUT2D eigenvalue weighted by Crippen LogP contribution is -2.78. The third kappa shape index (κ3) is 3.01. The number of phenols is 1. The van der Waals surface area contributed by atoms with Crippen LogP contribution >= 0.6 is 0 Å². The largest absolute Gasteiger partial charge is 0.508 e. The summed E-state index contributed by atoms with van der Waals surface area (Å²) in [4.78, 5) is 26.1. The average Bonchev–Trinajstić information content (AvgIpc) is 3.06. The Kier molecular flexibility index (Phi) is 5.55. The van der Waals surface area contributed by atoms with Gasteiger partial charge in [-0.1, -0.05) is 18.6 Å². The highest BCUT2D eigenvalue weighted by molar-refractivity contribution is 5.90. The molecule has 4 aliphatic carbocycles. The van der Waals surface area contributed by atoms with E-state index in [1.165, 1.54) is 31.2 Å². The van der Waals surface area contributed by atoms with Crippen molar-refractivity contribution in [2.75, 3.05) is 0 Å². The molecule has 0 spiro atoms. The molecule has 8 nitrogen and oxygen atoms in total. The first kappa shape index (κ1) is 25.4. The summed E-state index contributed by atoms with van der Waals surface area (Å²) in [6.45, 7) is 4.84. The molecule has 5 rings (SSSR count). The predicted octanol–water partition coefficient (Wildman–Crippen LogP) is 2.40. The molecule has 0 aliphatic heterocycles. The fraction of sp³-hybridized carbons (Fsp3) is 0.643. The van der Waals surface area contributed by atoms with E-state index in [2.05, 4.69) is 0 Å². The van der Waals surface area contributed by atoms with Gasteiger partial charge in [0.1, 0.15) is 28.7 Å². The third-order valence-electron chi connectivity index (χ3n) is 10.5. The molecule has 1 aromatic rings. The number of esters is 1. The second-order valence-electron chi connectivity index (χ2n) is 11.9. The minimum absolute atomic E-state index is 0.00806. The number of Topliss-reactive ketones (excluding diaryl/α,β-unsaturated/α-hetero) is 1. The smallest absolute Gasteiger partial charge is 0.338 e. The van der Waals surface area contributed by atoms with Crippen molar-refractivity contribution in [3.05, 3.63) is 41.5 Å². The average molecular weight is 501 g/mol. The molecule has 8 heteroatoms. The number of aromatic hydroxyl groups is 1. The van der Waals surface area contributed by atoms with Gasteiger partial charge >= 0.3 is 5.97 Å². The Balaban J connectivity index is 1.64. The SMILES string of the molecule is CC(=O)C1(O)CCC2(O)C3(O)CC=C4CC(O)CCC4(C)C3CC(OC(=O)c3ccc(O)cc3)C12C. The number of ether oxygens (including phenoxy) is 1. The van der Waals surface area contributed by atoms with Crippen molar-refractivity contribution in [2.24, 2.45) is 16.7 Å². The first-order valence-electron chi connectivity index (χ1n) is 12.8. The van der Waals surface area contributed by atoms with E-state index in [1.807, 2.05) is 13.0 Å². The molecule has 4 aliphatic rings. The van der Waals surface area contributed by atoms with Gasteiger partial charge in [-0.2, -0.15) is 0 Å². The van der Waals surface area contributed by atoms with Gasteiger partial charge in [-0.15, -0.1) is 0 Å². The summed E-state index contributed by atoms with van der Waals surface area (Å²) in [7, 11) is 0. The van der Waals surface area contributed by atoms with E-state index >= 15 is 0 Å². The van der Waals surface area contributed by atoms with Crippen LogP contribution in [0, 0.1) is 16.7 Å². The molecule has 8 atom stereocenters. The van der Waals surface area contributed by atoms with Gasteiger partial charge in [-0.05, 0) is 88.5 Å². The highest BCUT2D eigenvalue weighted by atomic mass is 16.5. The van der Waals surface area contributed by atoms with Crippen molar-refractivity contribution >= 4 is 11.8 Å². The van der Waals surface area contributed by atoms with E-state index in [4.69, 9.17) is 4.74 Å². The van der Waals surface area contributed by atoms with Crippen molar-refractivity contribution in [2.45, 2.75) is 94.7 Å². The van der Waals surface area contributed by atoms with Crippen molar-refractivity contribution < 1.29 is 39.9 Å². The van der Waals surface area contributed by atoms with Crippen LogP contribution in [-0.2, 0) is 9.53 Å². The number of ketones is 1. The van der Waals surface area contributed by atoms with Crippen LogP contribution in [0.15, 0.2) is 35.9 Å². The third-order valence-corrected chi connectivity index (χ3v) is 10.5. The van der Waals surface area contributed by atoms with Gasteiger partial charge in [0.05, 0.1) is 17.1 Å². The maximum absolute atomic E-state index is 13.2. The Morgan fingerprint density at radius 1 is 1.03 bits per heavy atom. The van der Waals surface area contributed by atoms with Crippen LogP contribution in [0.25, 0.3) is 0 Å². The van der Waals surface area contributed by atoms with Gasteiger partial charge in [-0.25, -0.2) is 4.79 Å². The summed E-state index contributed by atoms with van der Waals surface area (Å²) in [5.74, 6) is -1.79. The Hall–Kier alpha value is -2.26. The number of fused-ring (bicyclic) bond motifs is 5. The normalized spacial score (nSPS) is 45.6. The summed E-state index contributed by atoms with van der Waals surface area (Å²) in [5.41, 5.74) is -6.60. The second kappa shape index (κ2) is 7.87. The molecule has 0 bridgehead atoms. The topological polar surface area (TPSA) is 145 Å². The molecule has 0 saturated heterocycles. The van der Waals surface area contributed by atoms with E-state index in [0.29, 0.717) is 19.3 Å². The quantitative estimate of drug-likeness (QED) is 0.314. The fourth-order valence-electron chi connectivity index (χ4n) is 8.17. The van der Waals surface area contributed by atoms with Crippen molar-refractivity contribution in [1.29, 1.82) is 0 Å². The number of aliphatic hydroxyl groups excluding tert-OH is 1. The fourth-order valence-corrected chi connectivity index (χ4v) is 8.17. The number of hydrogen-bond donors (Lipinski definition) is 5. The van der Waals surface area contributed by atoms with Gasteiger partial charge in [0.2, 0.25) is 0 Å². The zero-order valence-corrected chi connectivity index (χ0v) is 21.0. The van der Waals surface area contributed by atoms with E-state index in [-0.39, 0.29) is 37.0 Å². The number of benzene rings is 1. The minimum Gasteiger partial charge on any atom is -0.508 e. The predicted molar refractivity (Wildman–Crippen MR) is 129 cm³/mol. The molecule has 0 aromatic heterocycles. The van der Waals surface area contributed by atoms with Gasteiger partial charge in [0.15, 0.2) is 5.78 Å². The van der Waals surface area contributed by atoms with Crippen LogP contribution in [0.5, 0.6) is 5.75 Å². The summed E-state index contributed by atoms with van der Waals surface area (Å²) < 4.78 is 6.01. The van der Waals surface area contributed by atoms with Crippen molar-refractivity contribution in [1.82, 2.24) is 0 Å². The van der Waals surface area contributed by atoms with Crippen molar-refractivity contribution in [3.63, 3.8) is 0 Å². The molecule has 0 heterocycles. The molecule has 1 aromatic carbocycles. The standard InChI is InChI=1S/C28H36O8/c1-16(29)26(33)12-13-28(35)25(26,3)22(36-23(32)17-4-6-19(30)7-5-17)15-21-24(2)10-9-20(31)14-18(24)8-11-27(21,28)34/h4-8,20-22,30-31,33-35H,9-15H2,1-3H3. The highest BCUT2D eigenvalue weighted by Gasteiger charge is 2.81. The molecular weight excluding hydrogens is 464 g/mol. The summed E-state index contributed by atoms with van der Waals surface area (Å²) in [6.07, 6.45) is 2.15. The zero-order chi connectivity index (χ0) is 26.3. The van der Waals surface area contributed by atoms with Gasteiger partial charge in [0, 0.05) is 5.92 Å². The number of carbonyl (C=O) groups excluding carboxylic acids is 2. The Labute approximate surface area is 210 Å². The number of aliphatic hydroxyl groups is 4. The zero-order valence-electron chi connectivity index (χ0n) is 21.0. The molecule has 196 valence electrons. The van der Waals surface area contributed by atoms with E-state index in [1.54, 1.807) is 6.92 Å². The van der Waals surface area contributed by atoms with Crippen LogP contribution in [0.2, 0.25) is 0 Å². The lowest BCUT2D eigenvalue weighted by molar-refractivity contribution is -0.312. The number of hydrogen-bond acceptors (Lipinski definition) is 8. The maximum atomic E-state index is 13.2. The lowest BCUT2D eigenvalue weighted by atomic mass is 9.42. The van der Waals surface area contributed by atoms with E-state index in [0.717, 1.165) is 5.57 Å². The van der Waals surface area contributed by atoms with Gasteiger partial charge in [-0.3, -0.25) is 4.79 Å².